The Morgan fingerprint density at radius 2 is 1.61 bits per heavy atom. The summed E-state index contributed by atoms with van der Waals surface area (Å²) in [6.45, 7) is 9.59. The van der Waals surface area contributed by atoms with E-state index in [0.29, 0.717) is 18.8 Å². The van der Waals surface area contributed by atoms with E-state index in [9.17, 15) is 14.4 Å². The maximum absolute atomic E-state index is 12.4. The van der Waals surface area contributed by atoms with Gasteiger partial charge in [-0.25, -0.2) is 0 Å². The van der Waals surface area contributed by atoms with Gasteiger partial charge in [-0.3, -0.25) is 14.4 Å². The minimum atomic E-state index is -1.23. The Morgan fingerprint density at radius 1 is 1.00 bits per heavy atom. The zero-order valence-corrected chi connectivity index (χ0v) is 19.7. The second kappa shape index (κ2) is 13.1. The Bertz CT molecular complexity index is 726. The second-order valence-corrected chi connectivity index (χ2v) is 8.21. The fourth-order valence-electron chi connectivity index (χ4n) is 4.34. The molecule has 0 bridgehead atoms. The Labute approximate surface area is 186 Å². The Morgan fingerprint density at radius 3 is 2.10 bits per heavy atom. The lowest BCUT2D eigenvalue weighted by molar-refractivity contribution is -0.169. The maximum atomic E-state index is 12.4. The van der Waals surface area contributed by atoms with E-state index < -0.39 is 30.0 Å². The minimum Gasteiger partial charge on any atom is -0.481 e. The molecule has 0 fully saturated rings. The van der Waals surface area contributed by atoms with Crippen molar-refractivity contribution in [2.24, 2.45) is 0 Å². The van der Waals surface area contributed by atoms with Crippen molar-refractivity contribution in [1.29, 1.82) is 0 Å². The lowest BCUT2D eigenvalue weighted by atomic mass is 9.78. The van der Waals surface area contributed by atoms with Crippen LogP contribution in [-0.2, 0) is 19.1 Å². The fourth-order valence-corrected chi connectivity index (χ4v) is 4.34. The quantitative estimate of drug-likeness (QED) is 0.298. The number of unbranched alkanes of at least 4 members (excludes halogenated alkanes) is 1. The number of aliphatic carboxylic acids is 1. The Balaban J connectivity index is 3.54. The number of esters is 1. The third-order valence-corrected chi connectivity index (χ3v) is 5.97. The molecule has 2 N–H and O–H groups in total. The molecular formula is C25H39NO5. The van der Waals surface area contributed by atoms with E-state index in [1.54, 1.807) is 0 Å². The van der Waals surface area contributed by atoms with Gasteiger partial charge in [0.15, 0.2) is 0 Å². The summed E-state index contributed by atoms with van der Waals surface area (Å²) in [4.78, 5) is 35.6. The molecule has 1 rings (SSSR count). The largest absolute Gasteiger partial charge is 0.481 e. The molecule has 1 amide bonds. The summed E-state index contributed by atoms with van der Waals surface area (Å²) in [6, 6.07) is 7.49. The van der Waals surface area contributed by atoms with Crippen LogP contribution in [0.3, 0.4) is 0 Å². The van der Waals surface area contributed by atoms with Crippen molar-refractivity contribution in [2.75, 3.05) is 0 Å². The molecule has 0 aromatic heterocycles. The first-order valence-corrected chi connectivity index (χ1v) is 11.5. The van der Waals surface area contributed by atoms with Crippen molar-refractivity contribution >= 4 is 17.8 Å². The number of benzene rings is 1. The summed E-state index contributed by atoms with van der Waals surface area (Å²) < 4.78 is 5.81. The molecule has 6 heteroatoms. The van der Waals surface area contributed by atoms with Gasteiger partial charge in [0.25, 0.3) is 0 Å². The van der Waals surface area contributed by atoms with Crippen molar-refractivity contribution in [3.63, 3.8) is 0 Å². The van der Waals surface area contributed by atoms with Gasteiger partial charge in [-0.15, -0.1) is 0 Å². The van der Waals surface area contributed by atoms with Gasteiger partial charge in [0.1, 0.15) is 12.0 Å². The topological polar surface area (TPSA) is 92.7 Å². The molecule has 1 aromatic rings. The number of rotatable bonds is 14. The Hall–Kier alpha value is -2.37. The number of ether oxygens (including phenoxy) is 1. The fraction of sp³-hybridized carbons (Fsp3) is 0.640. The van der Waals surface area contributed by atoms with Gasteiger partial charge in [-0.05, 0) is 42.7 Å². The van der Waals surface area contributed by atoms with Crippen LogP contribution in [-0.4, -0.2) is 28.6 Å². The normalized spacial score (nSPS) is 13.3. The predicted molar refractivity (Wildman–Crippen MR) is 122 cm³/mol. The zero-order chi connectivity index (χ0) is 23.4. The number of carboxylic acids is 1. The number of carboxylic acid groups (broad SMARTS) is 1. The standard InChI is InChI=1S/C25H39NO5/c1-6-10-14-19(13-7-2)20-15-11-12-16-21(20)24(26-18(5)27)25(8-3,9-4)31-23(30)17-22(28)29/h11-12,15-16,19,24H,6-10,13-14,17H2,1-5H3,(H,26,27)(H,28,29). The van der Waals surface area contributed by atoms with Gasteiger partial charge in [0, 0.05) is 6.92 Å². The third kappa shape index (κ3) is 7.67. The monoisotopic (exact) mass is 433 g/mol. The van der Waals surface area contributed by atoms with E-state index in [2.05, 4.69) is 25.2 Å². The zero-order valence-electron chi connectivity index (χ0n) is 19.7. The van der Waals surface area contributed by atoms with Crippen LogP contribution >= 0.6 is 0 Å². The maximum Gasteiger partial charge on any atom is 0.317 e. The van der Waals surface area contributed by atoms with Crippen LogP contribution in [0.15, 0.2) is 24.3 Å². The molecule has 0 aliphatic rings. The summed E-state index contributed by atoms with van der Waals surface area (Å²) in [7, 11) is 0. The molecule has 0 saturated heterocycles. The minimum absolute atomic E-state index is 0.221. The number of amides is 1. The van der Waals surface area contributed by atoms with Gasteiger partial charge in [0.2, 0.25) is 5.91 Å². The van der Waals surface area contributed by atoms with Gasteiger partial charge in [0.05, 0.1) is 6.04 Å². The van der Waals surface area contributed by atoms with Gasteiger partial charge >= 0.3 is 11.9 Å². The highest BCUT2D eigenvalue weighted by Crippen LogP contribution is 2.41. The molecule has 0 aliphatic carbocycles. The van der Waals surface area contributed by atoms with E-state index >= 15 is 0 Å². The van der Waals surface area contributed by atoms with Crippen LogP contribution in [0.1, 0.15) is 109 Å². The van der Waals surface area contributed by atoms with E-state index in [4.69, 9.17) is 9.84 Å². The van der Waals surface area contributed by atoms with E-state index in [1.807, 2.05) is 32.0 Å². The number of hydrogen-bond acceptors (Lipinski definition) is 4. The van der Waals surface area contributed by atoms with E-state index in [1.165, 1.54) is 6.92 Å². The number of hydrogen-bond donors (Lipinski definition) is 2. The number of carbonyl (C=O) groups is 3. The molecule has 6 nitrogen and oxygen atoms in total. The molecule has 2 unspecified atom stereocenters. The summed E-state index contributed by atoms with van der Waals surface area (Å²) in [5, 5.41) is 12.0. The van der Waals surface area contributed by atoms with Gasteiger partial charge in [-0.2, -0.15) is 0 Å². The highest BCUT2D eigenvalue weighted by Gasteiger charge is 2.42. The van der Waals surface area contributed by atoms with Crippen LogP contribution < -0.4 is 5.32 Å². The molecule has 31 heavy (non-hydrogen) atoms. The molecule has 1 aromatic carbocycles. The average Bonchev–Trinajstić information content (AvgIpc) is 2.73. The summed E-state index contributed by atoms with van der Waals surface area (Å²) in [5.74, 6) is -1.90. The number of nitrogens with one attached hydrogen (secondary N) is 1. The first-order valence-electron chi connectivity index (χ1n) is 11.5. The summed E-state index contributed by atoms with van der Waals surface area (Å²) >= 11 is 0. The lowest BCUT2D eigenvalue weighted by Crippen LogP contribution is -2.48. The van der Waals surface area contributed by atoms with E-state index in [-0.39, 0.29) is 5.91 Å². The van der Waals surface area contributed by atoms with Gasteiger partial charge < -0.3 is 15.2 Å². The SMILES string of the molecule is CCCCC(CCC)c1ccccc1C(NC(C)=O)C(CC)(CC)OC(=O)CC(=O)O. The highest BCUT2D eigenvalue weighted by atomic mass is 16.6. The number of carbonyl (C=O) groups excluding carboxylic acids is 2. The Kier molecular flexibility index (Phi) is 11.3. The smallest absolute Gasteiger partial charge is 0.317 e. The molecule has 0 spiro atoms. The van der Waals surface area contributed by atoms with Crippen LogP contribution in [0.4, 0.5) is 0 Å². The molecule has 0 aliphatic heterocycles. The van der Waals surface area contributed by atoms with Crippen molar-refractivity contribution < 1.29 is 24.2 Å². The van der Waals surface area contributed by atoms with Crippen molar-refractivity contribution in [2.45, 2.75) is 104 Å². The molecular weight excluding hydrogens is 394 g/mol. The van der Waals surface area contributed by atoms with Crippen molar-refractivity contribution in [3.8, 4) is 0 Å². The molecule has 2 atom stereocenters. The summed E-state index contributed by atoms with van der Waals surface area (Å²) in [6.07, 6.45) is 5.55. The lowest BCUT2D eigenvalue weighted by Gasteiger charge is -2.41. The predicted octanol–water partition coefficient (Wildman–Crippen LogP) is 5.51. The van der Waals surface area contributed by atoms with Crippen LogP contribution in [0.2, 0.25) is 0 Å². The van der Waals surface area contributed by atoms with Crippen LogP contribution in [0, 0.1) is 0 Å². The van der Waals surface area contributed by atoms with Gasteiger partial charge in [-0.1, -0.05) is 71.2 Å². The third-order valence-electron chi connectivity index (χ3n) is 5.97. The average molecular weight is 434 g/mol. The van der Waals surface area contributed by atoms with E-state index in [0.717, 1.165) is 43.2 Å². The first kappa shape index (κ1) is 26.7. The van der Waals surface area contributed by atoms with Crippen LogP contribution in [0.5, 0.6) is 0 Å². The van der Waals surface area contributed by atoms with Crippen molar-refractivity contribution in [1.82, 2.24) is 5.32 Å². The molecule has 0 heterocycles. The highest BCUT2D eigenvalue weighted by molar-refractivity contribution is 5.90. The second-order valence-electron chi connectivity index (χ2n) is 8.21. The molecule has 0 radical (unpaired) electrons. The van der Waals surface area contributed by atoms with Crippen molar-refractivity contribution in [3.05, 3.63) is 35.4 Å². The first-order chi connectivity index (χ1) is 14.7. The summed E-state index contributed by atoms with van der Waals surface area (Å²) in [5.41, 5.74) is 1.08. The molecule has 174 valence electrons. The van der Waals surface area contributed by atoms with Crippen LogP contribution in [0.25, 0.3) is 0 Å². The molecule has 0 saturated carbocycles.